The molecule has 32 heavy (non-hydrogen) atoms. The Morgan fingerprint density at radius 3 is 2.59 bits per heavy atom. The summed E-state index contributed by atoms with van der Waals surface area (Å²) in [6.45, 7) is 0.0385. The number of carbonyl (C=O) groups excluding carboxylic acids is 1. The van der Waals surface area contributed by atoms with Crippen molar-refractivity contribution in [3.63, 3.8) is 0 Å². The van der Waals surface area contributed by atoms with Gasteiger partial charge in [-0.15, -0.1) is 13.2 Å². The van der Waals surface area contributed by atoms with E-state index in [9.17, 15) is 18.0 Å². The lowest BCUT2D eigenvalue weighted by atomic mass is 9.81. The fourth-order valence-electron chi connectivity index (χ4n) is 3.26. The molecular weight excluding hydrogens is 451 g/mol. The Balaban J connectivity index is 0.000000913. The van der Waals surface area contributed by atoms with Gasteiger partial charge in [0.25, 0.3) is 12.4 Å². The Morgan fingerprint density at radius 1 is 1.25 bits per heavy atom. The second-order valence-electron chi connectivity index (χ2n) is 6.37. The molecular formula is C20H16F3N3O5S. The van der Waals surface area contributed by atoms with Crippen LogP contribution in [0.15, 0.2) is 54.0 Å². The van der Waals surface area contributed by atoms with E-state index in [0.29, 0.717) is 23.4 Å². The van der Waals surface area contributed by atoms with Gasteiger partial charge in [-0.25, -0.2) is 0 Å². The Morgan fingerprint density at radius 2 is 1.97 bits per heavy atom. The molecule has 1 atom stereocenters. The first kappa shape index (κ1) is 23.0. The van der Waals surface area contributed by atoms with Gasteiger partial charge >= 0.3 is 6.36 Å². The third kappa shape index (κ3) is 5.14. The highest BCUT2D eigenvalue weighted by molar-refractivity contribution is 7.03. The van der Waals surface area contributed by atoms with Crippen LogP contribution in [-0.4, -0.2) is 39.8 Å². The zero-order chi connectivity index (χ0) is 23.2. The maximum atomic E-state index is 12.8. The van der Waals surface area contributed by atoms with Crippen LogP contribution in [0.2, 0.25) is 0 Å². The number of rotatable bonds is 4. The van der Waals surface area contributed by atoms with E-state index >= 15 is 0 Å². The Kier molecular flexibility index (Phi) is 6.93. The monoisotopic (exact) mass is 467 g/mol. The van der Waals surface area contributed by atoms with Crippen LogP contribution in [0.1, 0.15) is 28.2 Å². The van der Waals surface area contributed by atoms with Gasteiger partial charge in [-0.2, -0.15) is 4.37 Å². The van der Waals surface area contributed by atoms with Crippen LogP contribution in [-0.2, 0) is 10.3 Å². The number of nitrogens with zero attached hydrogens (tertiary/aromatic N) is 2. The Labute approximate surface area is 183 Å². The van der Waals surface area contributed by atoms with Gasteiger partial charge in [0.2, 0.25) is 0 Å². The predicted molar refractivity (Wildman–Crippen MR) is 107 cm³/mol. The number of nitrogens with one attached hydrogen (secondary N) is 1. The van der Waals surface area contributed by atoms with Crippen molar-refractivity contribution in [2.75, 3.05) is 6.61 Å². The van der Waals surface area contributed by atoms with E-state index in [0.717, 1.165) is 11.5 Å². The van der Waals surface area contributed by atoms with Crippen molar-refractivity contribution in [1.29, 1.82) is 0 Å². The van der Waals surface area contributed by atoms with Crippen LogP contribution in [0, 0.1) is 0 Å². The predicted octanol–water partition coefficient (Wildman–Crippen LogP) is 3.59. The molecule has 4 rings (SSSR count). The van der Waals surface area contributed by atoms with Crippen LogP contribution in [0.5, 0.6) is 11.5 Å². The standard InChI is InChI=1S/C19H14F3N3O3S.CH2O2/c20-19(21,22)28-13-5-3-12(4-6-13)18(24-17(26)14-7-11-29-25-14)8-10-27-15-2-1-9-23-16(15)18;2-1-3/h1-7,9,11H,8,10H2,(H,24,26);1H,(H,2,3)/t18-;/m0./s1. The normalized spacial score (nSPS) is 17.1. The lowest BCUT2D eigenvalue weighted by Crippen LogP contribution is -2.50. The molecule has 0 fully saturated rings. The third-order valence-electron chi connectivity index (χ3n) is 4.49. The molecule has 0 spiro atoms. The molecule has 0 saturated heterocycles. The van der Waals surface area contributed by atoms with Gasteiger partial charge in [0.1, 0.15) is 28.4 Å². The zero-order valence-corrected chi connectivity index (χ0v) is 17.0. The molecule has 1 aromatic carbocycles. The first-order chi connectivity index (χ1) is 15.3. The molecule has 0 saturated carbocycles. The summed E-state index contributed by atoms with van der Waals surface area (Å²) in [5.41, 5.74) is 0.181. The molecule has 1 amide bonds. The SMILES string of the molecule is O=C(N[C@]1(c2ccc(OC(F)(F)F)cc2)CCOc2cccnc21)c1ccsn1.O=CO. The van der Waals surface area contributed by atoms with Crippen molar-refractivity contribution < 1.29 is 37.3 Å². The number of halogens is 3. The first-order valence-electron chi connectivity index (χ1n) is 9.04. The topological polar surface area (TPSA) is 111 Å². The molecule has 0 aliphatic carbocycles. The highest BCUT2D eigenvalue weighted by Crippen LogP contribution is 2.41. The molecule has 8 nitrogen and oxygen atoms in total. The number of benzene rings is 1. The largest absolute Gasteiger partial charge is 0.573 e. The van der Waals surface area contributed by atoms with Gasteiger partial charge in [-0.3, -0.25) is 14.6 Å². The molecule has 12 heteroatoms. The fraction of sp³-hybridized carbons (Fsp3) is 0.200. The van der Waals surface area contributed by atoms with Crippen LogP contribution in [0.25, 0.3) is 0 Å². The molecule has 0 radical (unpaired) electrons. The molecule has 3 heterocycles. The maximum Gasteiger partial charge on any atom is 0.573 e. The second-order valence-corrected chi connectivity index (χ2v) is 7.04. The van der Waals surface area contributed by atoms with Crippen molar-refractivity contribution in [3.05, 3.63) is 71.0 Å². The summed E-state index contributed by atoms with van der Waals surface area (Å²) in [4.78, 5) is 25.6. The van der Waals surface area contributed by atoms with E-state index in [2.05, 4.69) is 19.4 Å². The van der Waals surface area contributed by atoms with Gasteiger partial charge in [0.15, 0.2) is 0 Å². The lowest BCUT2D eigenvalue weighted by Gasteiger charge is -2.38. The first-order valence-corrected chi connectivity index (χ1v) is 9.88. The van der Waals surface area contributed by atoms with E-state index in [1.165, 1.54) is 24.3 Å². The number of hydrogen-bond donors (Lipinski definition) is 2. The number of hydrogen-bond acceptors (Lipinski definition) is 7. The van der Waals surface area contributed by atoms with Gasteiger partial charge in [-0.1, -0.05) is 12.1 Å². The fourth-order valence-corrected chi connectivity index (χ4v) is 3.77. The summed E-state index contributed by atoms with van der Waals surface area (Å²) in [6.07, 6.45) is -2.88. The zero-order valence-electron chi connectivity index (χ0n) is 16.2. The van der Waals surface area contributed by atoms with Crippen LogP contribution >= 0.6 is 11.5 Å². The minimum absolute atomic E-state index is 0.246. The smallest absolute Gasteiger partial charge is 0.491 e. The highest BCUT2D eigenvalue weighted by atomic mass is 32.1. The molecule has 0 unspecified atom stereocenters. The Bertz CT molecular complexity index is 1060. The third-order valence-corrected chi connectivity index (χ3v) is 5.05. The van der Waals surface area contributed by atoms with Crippen molar-refractivity contribution >= 4 is 23.9 Å². The molecule has 2 aromatic heterocycles. The maximum absolute atomic E-state index is 12.8. The summed E-state index contributed by atoms with van der Waals surface area (Å²) in [5, 5.41) is 11.5. The summed E-state index contributed by atoms with van der Waals surface area (Å²) >= 11 is 1.14. The molecule has 168 valence electrons. The average Bonchev–Trinajstić information content (AvgIpc) is 3.29. The summed E-state index contributed by atoms with van der Waals surface area (Å²) < 4.78 is 51.1. The van der Waals surface area contributed by atoms with Crippen molar-refractivity contribution in [3.8, 4) is 11.5 Å². The molecule has 3 aromatic rings. The minimum Gasteiger partial charge on any atom is -0.491 e. The molecule has 1 aliphatic heterocycles. The van der Waals surface area contributed by atoms with Gasteiger partial charge in [-0.05, 0) is 47.4 Å². The minimum atomic E-state index is -4.79. The molecule has 2 N–H and O–H groups in total. The van der Waals surface area contributed by atoms with Crippen LogP contribution < -0.4 is 14.8 Å². The van der Waals surface area contributed by atoms with Gasteiger partial charge in [0.05, 0.1) is 6.61 Å². The summed E-state index contributed by atoms with van der Waals surface area (Å²) in [7, 11) is 0. The number of aromatic nitrogens is 2. The number of pyridine rings is 1. The number of carboxylic acid groups (broad SMARTS) is 1. The van der Waals surface area contributed by atoms with Crippen molar-refractivity contribution in [2.24, 2.45) is 0 Å². The van der Waals surface area contributed by atoms with Crippen molar-refractivity contribution in [2.45, 2.75) is 18.3 Å². The van der Waals surface area contributed by atoms with Crippen LogP contribution in [0.4, 0.5) is 13.2 Å². The van der Waals surface area contributed by atoms with E-state index in [-0.39, 0.29) is 24.5 Å². The number of carbonyl (C=O) groups is 2. The van der Waals surface area contributed by atoms with Gasteiger partial charge < -0.3 is 19.9 Å². The summed E-state index contributed by atoms with van der Waals surface area (Å²) in [6, 6.07) is 10.4. The number of alkyl halides is 3. The molecule has 0 bridgehead atoms. The Hall–Kier alpha value is -3.67. The number of amides is 1. The summed E-state index contributed by atoms with van der Waals surface area (Å²) in [5.74, 6) is -0.274. The van der Waals surface area contributed by atoms with Gasteiger partial charge in [0, 0.05) is 18.0 Å². The quantitative estimate of drug-likeness (QED) is 0.564. The highest BCUT2D eigenvalue weighted by Gasteiger charge is 2.43. The van der Waals surface area contributed by atoms with E-state index in [1.54, 1.807) is 29.8 Å². The van der Waals surface area contributed by atoms with E-state index < -0.39 is 17.8 Å². The number of fused-ring (bicyclic) bond motifs is 1. The lowest BCUT2D eigenvalue weighted by molar-refractivity contribution is -0.274. The van der Waals surface area contributed by atoms with Crippen molar-refractivity contribution in [1.82, 2.24) is 14.7 Å². The van der Waals surface area contributed by atoms with Crippen LogP contribution in [0.3, 0.4) is 0 Å². The average molecular weight is 467 g/mol. The molecule has 1 aliphatic rings. The second kappa shape index (κ2) is 9.64. The van der Waals surface area contributed by atoms with E-state index in [4.69, 9.17) is 14.6 Å². The van der Waals surface area contributed by atoms with E-state index in [1.807, 2.05) is 0 Å². The number of ether oxygens (including phenoxy) is 2.